The van der Waals surface area contributed by atoms with Crippen LogP contribution in [0.4, 0.5) is 13.2 Å². The molecule has 0 aliphatic carbocycles. The van der Waals surface area contributed by atoms with Gasteiger partial charge in [-0.3, -0.25) is 9.59 Å². The van der Waals surface area contributed by atoms with Crippen molar-refractivity contribution >= 4 is 16.7 Å². The van der Waals surface area contributed by atoms with E-state index in [1.807, 2.05) is 0 Å². The number of alkyl halides is 3. The van der Waals surface area contributed by atoms with E-state index < -0.39 is 17.6 Å². The minimum Gasteiger partial charge on any atom is -0.383 e. The third-order valence-electron chi connectivity index (χ3n) is 4.32. The monoisotopic (exact) mass is 405 g/mol. The summed E-state index contributed by atoms with van der Waals surface area (Å²) in [5.41, 5.74) is -0.874. The molecule has 6 nitrogen and oxygen atoms in total. The summed E-state index contributed by atoms with van der Waals surface area (Å²) in [5, 5.41) is 7.86. The first-order valence-corrected chi connectivity index (χ1v) is 8.74. The molecule has 3 aromatic rings. The van der Waals surface area contributed by atoms with E-state index in [1.54, 1.807) is 24.3 Å². The van der Waals surface area contributed by atoms with Crippen LogP contribution in [0, 0.1) is 0 Å². The molecule has 0 unspecified atom stereocenters. The number of amides is 1. The first-order valence-electron chi connectivity index (χ1n) is 8.74. The number of hydrogen-bond acceptors (Lipinski definition) is 4. The molecule has 152 valence electrons. The van der Waals surface area contributed by atoms with E-state index in [-0.39, 0.29) is 30.8 Å². The zero-order chi connectivity index (χ0) is 21.0. The molecule has 0 aliphatic rings. The number of nitrogens with zero attached hydrogens (tertiary/aromatic N) is 2. The lowest BCUT2D eigenvalue weighted by atomic mass is 10.1. The van der Waals surface area contributed by atoms with E-state index in [1.165, 1.54) is 23.9 Å². The average Bonchev–Trinajstić information content (AvgIpc) is 2.72. The predicted octanol–water partition coefficient (Wildman–Crippen LogP) is 2.99. The van der Waals surface area contributed by atoms with Gasteiger partial charge < -0.3 is 10.1 Å². The Morgan fingerprint density at radius 2 is 1.86 bits per heavy atom. The summed E-state index contributed by atoms with van der Waals surface area (Å²) in [6.07, 6.45) is -4.54. The number of aromatic nitrogens is 2. The normalized spacial score (nSPS) is 11.6. The third-order valence-corrected chi connectivity index (χ3v) is 4.32. The fraction of sp³-hybridized carbons (Fsp3) is 0.250. The quantitative estimate of drug-likeness (QED) is 0.684. The fourth-order valence-electron chi connectivity index (χ4n) is 2.87. The molecule has 0 fully saturated rings. The van der Waals surface area contributed by atoms with E-state index in [0.29, 0.717) is 16.5 Å². The van der Waals surface area contributed by atoms with Crippen LogP contribution in [0.2, 0.25) is 0 Å². The van der Waals surface area contributed by atoms with Crippen molar-refractivity contribution in [2.75, 3.05) is 13.7 Å². The van der Waals surface area contributed by atoms with Gasteiger partial charge in [-0.25, -0.2) is 4.68 Å². The van der Waals surface area contributed by atoms with Gasteiger partial charge in [-0.15, -0.1) is 0 Å². The second-order valence-electron chi connectivity index (χ2n) is 6.27. The molecule has 1 N–H and O–H groups in total. The van der Waals surface area contributed by atoms with Gasteiger partial charge in [0.05, 0.1) is 36.3 Å². The lowest BCUT2D eigenvalue weighted by molar-refractivity contribution is -0.137. The van der Waals surface area contributed by atoms with Gasteiger partial charge in [0, 0.05) is 18.1 Å². The Hall–Kier alpha value is -3.20. The van der Waals surface area contributed by atoms with Crippen molar-refractivity contribution in [3.05, 3.63) is 75.7 Å². The standard InChI is InChI=1S/C20H18F3N3O3/c1-29-10-9-26-19(28)16-8-3-2-7-15(16)17(25-26)12-24-18(27)13-5-4-6-14(11-13)20(21,22)23/h2-8,11H,9-10,12H2,1H3,(H,24,27). The molecule has 1 heterocycles. The van der Waals surface area contributed by atoms with Gasteiger partial charge in [0.15, 0.2) is 0 Å². The summed E-state index contributed by atoms with van der Waals surface area (Å²) in [6, 6.07) is 11.0. The number of rotatable bonds is 6. The summed E-state index contributed by atoms with van der Waals surface area (Å²) in [7, 11) is 1.50. The van der Waals surface area contributed by atoms with Crippen molar-refractivity contribution in [2.45, 2.75) is 19.3 Å². The van der Waals surface area contributed by atoms with Gasteiger partial charge in [-0.1, -0.05) is 24.3 Å². The summed E-state index contributed by atoms with van der Waals surface area (Å²) in [4.78, 5) is 24.9. The maximum absolute atomic E-state index is 12.9. The van der Waals surface area contributed by atoms with Crippen LogP contribution >= 0.6 is 0 Å². The number of hydrogen-bond donors (Lipinski definition) is 1. The number of carbonyl (C=O) groups is 1. The molecule has 0 saturated carbocycles. The summed E-state index contributed by atoms with van der Waals surface area (Å²) >= 11 is 0. The van der Waals surface area contributed by atoms with Gasteiger partial charge in [0.1, 0.15) is 0 Å². The molecule has 2 aromatic carbocycles. The largest absolute Gasteiger partial charge is 0.416 e. The van der Waals surface area contributed by atoms with E-state index in [2.05, 4.69) is 10.4 Å². The van der Waals surface area contributed by atoms with E-state index in [0.717, 1.165) is 12.1 Å². The number of ether oxygens (including phenoxy) is 1. The number of nitrogens with one attached hydrogen (secondary N) is 1. The SMILES string of the molecule is COCCn1nc(CNC(=O)c2cccc(C(F)(F)F)c2)c2ccccc2c1=O. The van der Waals surface area contributed by atoms with Gasteiger partial charge in [-0.2, -0.15) is 18.3 Å². The lowest BCUT2D eigenvalue weighted by Crippen LogP contribution is -2.29. The second kappa shape index (κ2) is 8.44. The number of methoxy groups -OCH3 is 1. The van der Waals surface area contributed by atoms with Crippen LogP contribution in [0.15, 0.2) is 53.3 Å². The minimum absolute atomic E-state index is 0.0527. The van der Waals surface area contributed by atoms with E-state index in [9.17, 15) is 22.8 Å². The van der Waals surface area contributed by atoms with Gasteiger partial charge in [0.25, 0.3) is 11.5 Å². The van der Waals surface area contributed by atoms with Gasteiger partial charge in [0.2, 0.25) is 0 Å². The highest BCUT2D eigenvalue weighted by Gasteiger charge is 2.30. The maximum atomic E-state index is 12.9. The van der Waals surface area contributed by atoms with Crippen molar-refractivity contribution in [2.24, 2.45) is 0 Å². The molecule has 1 aromatic heterocycles. The van der Waals surface area contributed by atoms with Gasteiger partial charge in [-0.05, 0) is 24.3 Å². The molecular formula is C20H18F3N3O3. The van der Waals surface area contributed by atoms with E-state index in [4.69, 9.17) is 4.74 Å². The smallest absolute Gasteiger partial charge is 0.383 e. The minimum atomic E-state index is -4.54. The molecule has 1 amide bonds. The van der Waals surface area contributed by atoms with Crippen molar-refractivity contribution in [3.63, 3.8) is 0 Å². The first-order chi connectivity index (χ1) is 13.8. The van der Waals surface area contributed by atoms with Crippen molar-refractivity contribution in [1.29, 1.82) is 0 Å². The van der Waals surface area contributed by atoms with Crippen LogP contribution in [-0.4, -0.2) is 29.4 Å². The molecule has 0 radical (unpaired) electrons. The zero-order valence-electron chi connectivity index (χ0n) is 15.5. The van der Waals surface area contributed by atoms with Crippen LogP contribution in [-0.2, 0) is 24.0 Å². The Balaban J connectivity index is 1.88. The molecule has 0 atom stereocenters. The van der Waals surface area contributed by atoms with Crippen LogP contribution in [0.25, 0.3) is 10.8 Å². The Labute approximate surface area is 163 Å². The van der Waals surface area contributed by atoms with Crippen LogP contribution < -0.4 is 10.9 Å². The summed E-state index contributed by atoms with van der Waals surface area (Å²) in [6.45, 7) is 0.457. The fourth-order valence-corrected chi connectivity index (χ4v) is 2.87. The Kier molecular flexibility index (Phi) is 5.97. The number of carbonyl (C=O) groups excluding carboxylic acids is 1. The molecule has 9 heteroatoms. The predicted molar refractivity (Wildman–Crippen MR) is 100 cm³/mol. The second-order valence-corrected chi connectivity index (χ2v) is 6.27. The highest BCUT2D eigenvalue weighted by Crippen LogP contribution is 2.29. The Bertz CT molecular complexity index is 1090. The van der Waals surface area contributed by atoms with E-state index >= 15 is 0 Å². The van der Waals surface area contributed by atoms with Crippen LogP contribution in [0.3, 0.4) is 0 Å². The molecular weight excluding hydrogens is 387 g/mol. The zero-order valence-corrected chi connectivity index (χ0v) is 15.5. The summed E-state index contributed by atoms with van der Waals surface area (Å²) < 4.78 is 44.8. The highest BCUT2D eigenvalue weighted by molar-refractivity contribution is 5.94. The van der Waals surface area contributed by atoms with Gasteiger partial charge >= 0.3 is 6.18 Å². The first kappa shape index (κ1) is 20.5. The van der Waals surface area contributed by atoms with Crippen LogP contribution in [0.5, 0.6) is 0 Å². The molecule has 0 aliphatic heterocycles. The highest BCUT2D eigenvalue weighted by atomic mass is 19.4. The molecule has 0 saturated heterocycles. The average molecular weight is 405 g/mol. The number of fused-ring (bicyclic) bond motifs is 1. The molecule has 0 spiro atoms. The summed E-state index contributed by atoms with van der Waals surface area (Å²) in [5.74, 6) is -0.670. The third kappa shape index (κ3) is 4.62. The topological polar surface area (TPSA) is 73.2 Å². The lowest BCUT2D eigenvalue weighted by Gasteiger charge is -2.12. The molecule has 3 rings (SSSR count). The van der Waals surface area contributed by atoms with Crippen molar-refractivity contribution in [1.82, 2.24) is 15.1 Å². The Morgan fingerprint density at radius 1 is 1.14 bits per heavy atom. The Morgan fingerprint density at radius 3 is 2.55 bits per heavy atom. The van der Waals surface area contributed by atoms with Crippen molar-refractivity contribution in [3.8, 4) is 0 Å². The number of benzene rings is 2. The van der Waals surface area contributed by atoms with Crippen LogP contribution in [0.1, 0.15) is 21.6 Å². The maximum Gasteiger partial charge on any atom is 0.416 e. The van der Waals surface area contributed by atoms with Crippen molar-refractivity contribution < 1.29 is 22.7 Å². The molecule has 0 bridgehead atoms. The molecule has 29 heavy (non-hydrogen) atoms. The number of halogens is 3.